The van der Waals surface area contributed by atoms with E-state index in [1.165, 1.54) is 28.8 Å². The standard InChI is InChI=1S/C23H22FN3O3/c1-16-9-10-27(18-7-5-17(24)6-8-18)23(30)21(16)22(29)26-13-11-25(12-14-26)19-3-2-4-20(28)15-19/h2-10,15,28H,11-14H2,1H3. The molecule has 0 unspecified atom stereocenters. The molecule has 1 aromatic heterocycles. The molecule has 1 N–H and O–H groups in total. The third kappa shape index (κ3) is 3.78. The van der Waals surface area contributed by atoms with Gasteiger partial charge in [-0.05, 0) is 55.0 Å². The lowest BCUT2D eigenvalue weighted by molar-refractivity contribution is 0.0744. The normalized spacial score (nSPS) is 14.1. The summed E-state index contributed by atoms with van der Waals surface area (Å²) in [6, 6.07) is 14.3. The summed E-state index contributed by atoms with van der Waals surface area (Å²) in [6.07, 6.45) is 1.60. The largest absolute Gasteiger partial charge is 0.508 e. The van der Waals surface area contributed by atoms with Gasteiger partial charge in [-0.25, -0.2) is 4.39 Å². The number of aromatic hydroxyl groups is 1. The number of hydrogen-bond acceptors (Lipinski definition) is 4. The molecule has 30 heavy (non-hydrogen) atoms. The molecule has 2 heterocycles. The number of aryl methyl sites for hydroxylation is 1. The number of carbonyl (C=O) groups is 1. The highest BCUT2D eigenvalue weighted by atomic mass is 19.1. The number of phenolic OH excluding ortho intramolecular Hbond substituents is 1. The summed E-state index contributed by atoms with van der Waals surface area (Å²) in [5, 5.41) is 9.68. The molecule has 6 nitrogen and oxygen atoms in total. The highest BCUT2D eigenvalue weighted by Gasteiger charge is 2.26. The molecule has 1 aliphatic heterocycles. The van der Waals surface area contributed by atoms with Crippen LogP contribution in [0.4, 0.5) is 10.1 Å². The maximum absolute atomic E-state index is 13.2. The molecule has 0 radical (unpaired) electrons. The van der Waals surface area contributed by atoms with E-state index >= 15 is 0 Å². The van der Waals surface area contributed by atoms with Gasteiger partial charge in [-0.3, -0.25) is 14.2 Å². The first-order chi connectivity index (χ1) is 14.4. The van der Waals surface area contributed by atoms with Crippen LogP contribution >= 0.6 is 0 Å². The average Bonchev–Trinajstić information content (AvgIpc) is 2.75. The van der Waals surface area contributed by atoms with E-state index in [1.54, 1.807) is 42.3 Å². The van der Waals surface area contributed by atoms with Gasteiger partial charge in [0.15, 0.2) is 0 Å². The second-order valence-corrected chi connectivity index (χ2v) is 7.32. The molecule has 0 spiro atoms. The molecule has 1 saturated heterocycles. The van der Waals surface area contributed by atoms with Crippen molar-refractivity contribution in [1.82, 2.24) is 9.47 Å². The Kier molecular flexibility index (Phi) is 5.27. The minimum atomic E-state index is -0.415. The van der Waals surface area contributed by atoms with Crippen molar-refractivity contribution < 1.29 is 14.3 Å². The lowest BCUT2D eigenvalue weighted by Crippen LogP contribution is -2.50. The number of benzene rings is 2. The summed E-state index contributed by atoms with van der Waals surface area (Å²) in [4.78, 5) is 30.0. The number of anilines is 1. The van der Waals surface area contributed by atoms with Gasteiger partial charge in [0, 0.05) is 49.8 Å². The van der Waals surface area contributed by atoms with Crippen LogP contribution in [0.15, 0.2) is 65.6 Å². The number of rotatable bonds is 3. The maximum atomic E-state index is 13.2. The topological polar surface area (TPSA) is 65.8 Å². The number of nitrogens with zero attached hydrogens (tertiary/aromatic N) is 3. The predicted molar refractivity (Wildman–Crippen MR) is 113 cm³/mol. The summed E-state index contributed by atoms with van der Waals surface area (Å²) in [7, 11) is 0. The van der Waals surface area contributed by atoms with Crippen LogP contribution in [0.3, 0.4) is 0 Å². The molecule has 3 aromatic rings. The van der Waals surface area contributed by atoms with Crippen LogP contribution in [0.5, 0.6) is 5.75 Å². The minimum absolute atomic E-state index is 0.132. The molecule has 1 fully saturated rings. The summed E-state index contributed by atoms with van der Waals surface area (Å²) in [5.41, 5.74) is 1.73. The molecular weight excluding hydrogens is 385 g/mol. The molecule has 154 valence electrons. The van der Waals surface area contributed by atoms with Gasteiger partial charge in [0.2, 0.25) is 0 Å². The second-order valence-electron chi connectivity index (χ2n) is 7.32. The van der Waals surface area contributed by atoms with Crippen molar-refractivity contribution in [1.29, 1.82) is 0 Å². The van der Waals surface area contributed by atoms with Gasteiger partial charge >= 0.3 is 0 Å². The van der Waals surface area contributed by atoms with Crippen molar-refractivity contribution >= 4 is 11.6 Å². The fraction of sp³-hybridized carbons (Fsp3) is 0.217. The molecule has 2 aromatic carbocycles. The SMILES string of the molecule is Cc1ccn(-c2ccc(F)cc2)c(=O)c1C(=O)N1CCN(c2cccc(O)c2)CC1. The maximum Gasteiger partial charge on any atom is 0.268 e. The van der Waals surface area contributed by atoms with Crippen LogP contribution in [0, 0.1) is 12.7 Å². The van der Waals surface area contributed by atoms with E-state index < -0.39 is 5.56 Å². The van der Waals surface area contributed by atoms with Gasteiger partial charge in [0.25, 0.3) is 11.5 Å². The summed E-state index contributed by atoms with van der Waals surface area (Å²) in [6.45, 7) is 3.89. The van der Waals surface area contributed by atoms with E-state index in [0.29, 0.717) is 37.4 Å². The number of carbonyl (C=O) groups excluding carboxylic acids is 1. The minimum Gasteiger partial charge on any atom is -0.508 e. The Labute approximate surface area is 173 Å². The van der Waals surface area contributed by atoms with E-state index in [9.17, 15) is 19.1 Å². The fourth-order valence-corrected chi connectivity index (χ4v) is 3.71. The van der Waals surface area contributed by atoms with E-state index in [1.807, 2.05) is 6.07 Å². The van der Waals surface area contributed by atoms with Gasteiger partial charge in [0.05, 0.1) is 0 Å². The number of phenols is 1. The van der Waals surface area contributed by atoms with Gasteiger partial charge < -0.3 is 14.9 Å². The van der Waals surface area contributed by atoms with E-state index in [4.69, 9.17) is 0 Å². The first-order valence-corrected chi connectivity index (χ1v) is 9.75. The van der Waals surface area contributed by atoms with Crippen molar-refractivity contribution in [3.05, 3.63) is 88.1 Å². The van der Waals surface area contributed by atoms with Crippen molar-refractivity contribution in [2.24, 2.45) is 0 Å². The lowest BCUT2D eigenvalue weighted by Gasteiger charge is -2.36. The number of hydrogen-bond donors (Lipinski definition) is 1. The van der Waals surface area contributed by atoms with Crippen LogP contribution in [-0.2, 0) is 0 Å². The highest BCUT2D eigenvalue weighted by molar-refractivity contribution is 5.95. The van der Waals surface area contributed by atoms with Gasteiger partial charge in [0.1, 0.15) is 17.1 Å². The van der Waals surface area contributed by atoms with E-state index in [-0.39, 0.29) is 23.0 Å². The summed E-state index contributed by atoms with van der Waals surface area (Å²) < 4.78 is 14.6. The zero-order valence-corrected chi connectivity index (χ0v) is 16.6. The quantitative estimate of drug-likeness (QED) is 0.725. The second kappa shape index (κ2) is 8.02. The van der Waals surface area contributed by atoms with Crippen LogP contribution < -0.4 is 10.5 Å². The van der Waals surface area contributed by atoms with Crippen LogP contribution in [0.25, 0.3) is 5.69 Å². The van der Waals surface area contributed by atoms with Gasteiger partial charge in [-0.2, -0.15) is 0 Å². The Hall–Kier alpha value is -3.61. The molecule has 0 atom stereocenters. The molecule has 1 amide bonds. The lowest BCUT2D eigenvalue weighted by atomic mass is 10.1. The Morgan fingerprint density at radius 2 is 1.67 bits per heavy atom. The van der Waals surface area contributed by atoms with E-state index in [2.05, 4.69) is 4.90 Å². The Morgan fingerprint density at radius 1 is 0.967 bits per heavy atom. The summed E-state index contributed by atoms with van der Waals surface area (Å²) >= 11 is 0. The Balaban J connectivity index is 1.56. The zero-order valence-electron chi connectivity index (χ0n) is 16.6. The third-order valence-corrected chi connectivity index (χ3v) is 5.38. The molecule has 7 heteroatoms. The summed E-state index contributed by atoms with van der Waals surface area (Å²) in [5.74, 6) is -0.489. The smallest absolute Gasteiger partial charge is 0.268 e. The number of halogens is 1. The van der Waals surface area contributed by atoms with Crippen molar-refractivity contribution in [3.63, 3.8) is 0 Å². The van der Waals surface area contributed by atoms with Crippen molar-refractivity contribution in [2.45, 2.75) is 6.92 Å². The molecule has 0 saturated carbocycles. The first-order valence-electron chi connectivity index (χ1n) is 9.75. The van der Waals surface area contributed by atoms with Crippen LogP contribution in [0.1, 0.15) is 15.9 Å². The number of amides is 1. The molecule has 0 bridgehead atoms. The van der Waals surface area contributed by atoms with Gasteiger partial charge in [-0.15, -0.1) is 0 Å². The number of aromatic nitrogens is 1. The average molecular weight is 407 g/mol. The number of pyridine rings is 1. The Morgan fingerprint density at radius 3 is 2.33 bits per heavy atom. The van der Waals surface area contributed by atoms with Crippen LogP contribution in [0.2, 0.25) is 0 Å². The fourth-order valence-electron chi connectivity index (χ4n) is 3.71. The number of piperazine rings is 1. The molecule has 0 aliphatic carbocycles. The molecular formula is C23H22FN3O3. The zero-order chi connectivity index (χ0) is 21.3. The molecule has 1 aliphatic rings. The first kappa shape index (κ1) is 19.7. The highest BCUT2D eigenvalue weighted by Crippen LogP contribution is 2.22. The van der Waals surface area contributed by atoms with Crippen LogP contribution in [-0.4, -0.2) is 46.7 Å². The predicted octanol–water partition coefficient (Wildman–Crippen LogP) is 2.95. The Bertz CT molecular complexity index is 1130. The van der Waals surface area contributed by atoms with Gasteiger partial charge in [-0.1, -0.05) is 6.07 Å². The molecule has 4 rings (SSSR count). The van der Waals surface area contributed by atoms with Crippen molar-refractivity contribution in [3.8, 4) is 11.4 Å². The monoisotopic (exact) mass is 407 g/mol. The van der Waals surface area contributed by atoms with Crippen molar-refractivity contribution in [2.75, 3.05) is 31.1 Å². The third-order valence-electron chi connectivity index (χ3n) is 5.38. The van der Waals surface area contributed by atoms with E-state index in [0.717, 1.165) is 5.69 Å².